The van der Waals surface area contributed by atoms with Crippen LogP contribution in [0.2, 0.25) is 0 Å². The highest BCUT2D eigenvalue weighted by molar-refractivity contribution is 4.82. The number of aliphatic hydroxyl groups is 1. The fourth-order valence-electron chi connectivity index (χ4n) is 3.88. The molecule has 2 unspecified atom stereocenters. The number of aliphatic hydroxyl groups excluding tert-OH is 1. The maximum atomic E-state index is 9.36. The number of hydrogen-bond acceptors (Lipinski definition) is 3. The van der Waals surface area contributed by atoms with Gasteiger partial charge in [0.1, 0.15) is 0 Å². The summed E-state index contributed by atoms with van der Waals surface area (Å²) in [5, 5.41) is 9.36. The first-order valence-corrected chi connectivity index (χ1v) is 8.24. The monoisotopic (exact) mass is 268 g/mol. The van der Waals surface area contributed by atoms with Crippen molar-refractivity contribution in [2.45, 2.75) is 51.5 Å². The quantitative estimate of drug-likeness (QED) is 0.828. The lowest BCUT2D eigenvalue weighted by molar-refractivity contribution is 0.0675. The average molecular weight is 268 g/mol. The molecule has 0 radical (unpaired) electrons. The van der Waals surface area contributed by atoms with Gasteiger partial charge in [0.2, 0.25) is 0 Å². The van der Waals surface area contributed by atoms with Crippen LogP contribution in [-0.4, -0.2) is 60.8 Å². The number of nitrogens with zero attached hydrogens (tertiary/aromatic N) is 2. The van der Waals surface area contributed by atoms with E-state index in [0.29, 0.717) is 12.6 Å². The minimum Gasteiger partial charge on any atom is -0.395 e. The highest BCUT2D eigenvalue weighted by Crippen LogP contribution is 2.31. The van der Waals surface area contributed by atoms with E-state index in [2.05, 4.69) is 23.8 Å². The Morgan fingerprint density at radius 3 is 2.42 bits per heavy atom. The van der Waals surface area contributed by atoms with E-state index in [1.165, 1.54) is 58.2 Å². The van der Waals surface area contributed by atoms with Gasteiger partial charge in [0.15, 0.2) is 0 Å². The SMILES string of the molecule is CC1CCCCC1CN(CCO)C1CCN(C)CC1. The van der Waals surface area contributed by atoms with Crippen LogP contribution in [0.3, 0.4) is 0 Å². The molecule has 19 heavy (non-hydrogen) atoms. The molecule has 3 nitrogen and oxygen atoms in total. The molecule has 0 aromatic carbocycles. The van der Waals surface area contributed by atoms with Crippen molar-refractivity contribution in [3.8, 4) is 0 Å². The van der Waals surface area contributed by atoms with E-state index in [1.807, 2.05) is 0 Å². The minimum absolute atomic E-state index is 0.313. The summed E-state index contributed by atoms with van der Waals surface area (Å²) in [6.07, 6.45) is 8.19. The van der Waals surface area contributed by atoms with E-state index < -0.39 is 0 Å². The highest BCUT2D eigenvalue weighted by atomic mass is 16.3. The van der Waals surface area contributed by atoms with Crippen molar-refractivity contribution >= 4 is 0 Å². The lowest BCUT2D eigenvalue weighted by Gasteiger charge is -2.40. The largest absolute Gasteiger partial charge is 0.395 e. The van der Waals surface area contributed by atoms with Crippen molar-refractivity contribution in [1.29, 1.82) is 0 Å². The summed E-state index contributed by atoms with van der Waals surface area (Å²) in [5.41, 5.74) is 0. The van der Waals surface area contributed by atoms with Gasteiger partial charge < -0.3 is 10.0 Å². The second kappa shape index (κ2) is 7.61. The van der Waals surface area contributed by atoms with Crippen LogP contribution in [0.15, 0.2) is 0 Å². The van der Waals surface area contributed by atoms with Gasteiger partial charge in [-0.1, -0.05) is 26.2 Å². The zero-order valence-corrected chi connectivity index (χ0v) is 12.9. The Bertz CT molecular complexity index is 251. The summed E-state index contributed by atoms with van der Waals surface area (Å²) in [6.45, 7) is 7.26. The number of likely N-dealkylation sites (tertiary alicyclic amines) is 1. The van der Waals surface area contributed by atoms with E-state index in [4.69, 9.17) is 0 Å². The van der Waals surface area contributed by atoms with E-state index in [1.54, 1.807) is 0 Å². The normalized spacial score (nSPS) is 30.9. The Kier molecular flexibility index (Phi) is 6.11. The Labute approximate surface area is 119 Å². The molecular weight excluding hydrogens is 236 g/mol. The van der Waals surface area contributed by atoms with Crippen LogP contribution in [0.5, 0.6) is 0 Å². The molecule has 1 saturated heterocycles. The average Bonchev–Trinajstić information content (AvgIpc) is 2.42. The maximum absolute atomic E-state index is 9.36. The molecule has 1 saturated carbocycles. The molecule has 0 aromatic rings. The first-order chi connectivity index (χ1) is 9.20. The molecule has 0 bridgehead atoms. The van der Waals surface area contributed by atoms with Crippen LogP contribution in [0.1, 0.15) is 45.4 Å². The van der Waals surface area contributed by atoms with E-state index in [9.17, 15) is 5.11 Å². The van der Waals surface area contributed by atoms with Crippen molar-refractivity contribution in [3.05, 3.63) is 0 Å². The van der Waals surface area contributed by atoms with Gasteiger partial charge in [-0.15, -0.1) is 0 Å². The summed E-state index contributed by atoms with van der Waals surface area (Å²) < 4.78 is 0. The summed E-state index contributed by atoms with van der Waals surface area (Å²) in [7, 11) is 2.22. The lowest BCUT2D eigenvalue weighted by atomic mass is 9.80. The summed E-state index contributed by atoms with van der Waals surface area (Å²) in [5.74, 6) is 1.74. The lowest BCUT2D eigenvalue weighted by Crippen LogP contribution is -2.47. The third-order valence-electron chi connectivity index (χ3n) is 5.35. The summed E-state index contributed by atoms with van der Waals surface area (Å²) in [4.78, 5) is 5.02. The molecule has 1 heterocycles. The van der Waals surface area contributed by atoms with Crippen molar-refractivity contribution < 1.29 is 5.11 Å². The molecule has 2 atom stereocenters. The topological polar surface area (TPSA) is 26.7 Å². The minimum atomic E-state index is 0.313. The molecule has 2 fully saturated rings. The molecular formula is C16H32N2O. The Morgan fingerprint density at radius 1 is 1.11 bits per heavy atom. The van der Waals surface area contributed by atoms with Gasteiger partial charge >= 0.3 is 0 Å². The van der Waals surface area contributed by atoms with E-state index in [-0.39, 0.29) is 0 Å². The van der Waals surface area contributed by atoms with Crippen LogP contribution in [0.4, 0.5) is 0 Å². The smallest absolute Gasteiger partial charge is 0.0558 e. The second-order valence-corrected chi connectivity index (χ2v) is 6.77. The fraction of sp³-hybridized carbons (Fsp3) is 1.00. The van der Waals surface area contributed by atoms with E-state index in [0.717, 1.165) is 18.4 Å². The van der Waals surface area contributed by atoms with Gasteiger partial charge in [0.25, 0.3) is 0 Å². The van der Waals surface area contributed by atoms with Gasteiger partial charge in [0, 0.05) is 19.1 Å². The molecule has 1 N–H and O–H groups in total. The van der Waals surface area contributed by atoms with Crippen LogP contribution in [0, 0.1) is 11.8 Å². The molecule has 1 aliphatic heterocycles. The van der Waals surface area contributed by atoms with Crippen molar-refractivity contribution in [2.75, 3.05) is 39.8 Å². The predicted octanol–water partition coefficient (Wildman–Crippen LogP) is 2.20. The molecule has 3 heteroatoms. The van der Waals surface area contributed by atoms with Crippen LogP contribution >= 0.6 is 0 Å². The molecule has 112 valence electrons. The van der Waals surface area contributed by atoms with Crippen LogP contribution in [-0.2, 0) is 0 Å². The zero-order valence-electron chi connectivity index (χ0n) is 12.9. The number of hydrogen-bond donors (Lipinski definition) is 1. The van der Waals surface area contributed by atoms with Gasteiger partial charge in [0.05, 0.1) is 6.61 Å². The predicted molar refractivity (Wildman–Crippen MR) is 80.3 cm³/mol. The van der Waals surface area contributed by atoms with Crippen LogP contribution in [0.25, 0.3) is 0 Å². The number of piperidine rings is 1. The first kappa shape index (κ1) is 15.3. The zero-order chi connectivity index (χ0) is 13.7. The third kappa shape index (κ3) is 4.44. The van der Waals surface area contributed by atoms with Crippen molar-refractivity contribution in [2.24, 2.45) is 11.8 Å². The van der Waals surface area contributed by atoms with Gasteiger partial charge in [-0.3, -0.25) is 4.90 Å². The summed E-state index contributed by atoms with van der Waals surface area (Å²) >= 11 is 0. The highest BCUT2D eigenvalue weighted by Gasteiger charge is 2.28. The molecule has 1 aliphatic carbocycles. The van der Waals surface area contributed by atoms with Crippen LogP contribution < -0.4 is 0 Å². The Morgan fingerprint density at radius 2 is 1.79 bits per heavy atom. The first-order valence-electron chi connectivity index (χ1n) is 8.24. The van der Waals surface area contributed by atoms with Crippen molar-refractivity contribution in [1.82, 2.24) is 9.80 Å². The molecule has 2 rings (SSSR count). The molecule has 0 spiro atoms. The van der Waals surface area contributed by atoms with Gasteiger partial charge in [-0.05, 0) is 51.2 Å². The second-order valence-electron chi connectivity index (χ2n) is 6.77. The van der Waals surface area contributed by atoms with Crippen molar-refractivity contribution in [3.63, 3.8) is 0 Å². The maximum Gasteiger partial charge on any atom is 0.0558 e. The van der Waals surface area contributed by atoms with Gasteiger partial charge in [-0.2, -0.15) is 0 Å². The van der Waals surface area contributed by atoms with E-state index >= 15 is 0 Å². The summed E-state index contributed by atoms with van der Waals surface area (Å²) in [6, 6.07) is 0.706. The molecule has 0 aromatic heterocycles. The molecule has 0 amide bonds. The van der Waals surface area contributed by atoms with Gasteiger partial charge in [-0.25, -0.2) is 0 Å². The molecule has 2 aliphatic rings. The third-order valence-corrected chi connectivity index (χ3v) is 5.35. The fourth-order valence-corrected chi connectivity index (χ4v) is 3.88. The Hall–Kier alpha value is -0.120. The standard InChI is InChI=1S/C16H32N2O/c1-14-5-3-4-6-15(14)13-18(11-12-19)16-7-9-17(2)10-8-16/h14-16,19H,3-13H2,1-2H3. The number of rotatable bonds is 5. The Balaban J connectivity index is 1.87.